The molecule has 2 saturated carbocycles. The van der Waals surface area contributed by atoms with Crippen LogP contribution in [0.3, 0.4) is 0 Å². The molecule has 0 aromatic carbocycles. The number of carbonyl (C=O) groups is 1. The molecular weight excluding hydrogens is 416 g/mol. The van der Waals surface area contributed by atoms with Crippen LogP contribution in [0.1, 0.15) is 85.0 Å². The van der Waals surface area contributed by atoms with E-state index in [1.54, 1.807) is 0 Å². The highest BCUT2D eigenvalue weighted by atomic mass is 16.7. The van der Waals surface area contributed by atoms with Gasteiger partial charge in [-0.15, -0.1) is 0 Å². The monoisotopic (exact) mass is 460 g/mol. The summed E-state index contributed by atoms with van der Waals surface area (Å²) >= 11 is 0. The third kappa shape index (κ3) is 7.00. The first kappa shape index (κ1) is 25.1. The van der Waals surface area contributed by atoms with Crippen LogP contribution in [-0.4, -0.2) is 43.8 Å². The van der Waals surface area contributed by atoms with Gasteiger partial charge in [-0.25, -0.2) is 0 Å². The maximum atomic E-state index is 12.2. The van der Waals surface area contributed by atoms with E-state index in [1.807, 2.05) is 0 Å². The van der Waals surface area contributed by atoms with Crippen molar-refractivity contribution >= 4 is 5.78 Å². The molecule has 3 unspecified atom stereocenters. The number of ether oxygens (including phenoxy) is 4. The van der Waals surface area contributed by atoms with Gasteiger partial charge >= 0.3 is 0 Å². The van der Waals surface area contributed by atoms with Gasteiger partial charge in [-0.1, -0.05) is 30.7 Å². The van der Waals surface area contributed by atoms with E-state index in [4.69, 9.17) is 18.9 Å². The summed E-state index contributed by atoms with van der Waals surface area (Å²) in [5.74, 6) is 1.86. The first-order valence-electron chi connectivity index (χ1n) is 13.4. The van der Waals surface area contributed by atoms with Gasteiger partial charge in [0.1, 0.15) is 5.78 Å². The molecule has 0 spiro atoms. The maximum Gasteiger partial charge on any atom is 0.158 e. The molecule has 4 fully saturated rings. The molecule has 186 valence electrons. The van der Waals surface area contributed by atoms with Crippen LogP contribution in [0.15, 0.2) is 23.8 Å². The molecular formula is C28H44O5. The summed E-state index contributed by atoms with van der Waals surface area (Å²) < 4.78 is 24.8. The molecule has 4 rings (SSSR count). The van der Waals surface area contributed by atoms with Gasteiger partial charge in [0, 0.05) is 32.0 Å². The molecule has 0 radical (unpaired) electrons. The lowest BCUT2D eigenvalue weighted by atomic mass is 9.89. The Hall–Kier alpha value is -1.01. The Morgan fingerprint density at radius 2 is 1.79 bits per heavy atom. The Kier molecular flexibility index (Phi) is 9.20. The van der Waals surface area contributed by atoms with Crippen molar-refractivity contribution in [2.45, 2.75) is 110 Å². The average Bonchev–Trinajstić information content (AvgIpc) is 3.31. The van der Waals surface area contributed by atoms with Crippen molar-refractivity contribution in [1.82, 2.24) is 0 Å². The third-order valence-electron chi connectivity index (χ3n) is 7.91. The second-order valence-corrected chi connectivity index (χ2v) is 10.9. The number of ketones is 1. The van der Waals surface area contributed by atoms with Crippen LogP contribution in [0, 0.1) is 23.7 Å². The Balaban J connectivity index is 1.47. The van der Waals surface area contributed by atoms with Gasteiger partial charge in [0.05, 0.1) is 12.2 Å². The fourth-order valence-corrected chi connectivity index (χ4v) is 5.98. The molecule has 2 aliphatic heterocycles. The first-order valence-corrected chi connectivity index (χ1v) is 13.4. The molecule has 8 atom stereocenters. The number of Topliss-reactive ketones (excluding diaryl/α,β-unsaturated/α-hetero) is 1. The highest BCUT2D eigenvalue weighted by Gasteiger charge is 2.48. The average molecular weight is 461 g/mol. The number of hydrogen-bond acceptors (Lipinski definition) is 5. The van der Waals surface area contributed by atoms with E-state index >= 15 is 0 Å². The number of rotatable bonds is 9. The van der Waals surface area contributed by atoms with E-state index in [0.29, 0.717) is 36.4 Å². The topological polar surface area (TPSA) is 54.0 Å². The summed E-state index contributed by atoms with van der Waals surface area (Å²) in [7, 11) is 0. The van der Waals surface area contributed by atoms with Crippen molar-refractivity contribution in [3.63, 3.8) is 0 Å². The largest absolute Gasteiger partial charge is 0.353 e. The van der Waals surface area contributed by atoms with Crippen molar-refractivity contribution in [2.24, 2.45) is 23.7 Å². The van der Waals surface area contributed by atoms with Gasteiger partial charge < -0.3 is 18.9 Å². The molecule has 0 N–H and O–H groups in total. The molecule has 0 amide bonds. The normalized spacial score (nSPS) is 36.6. The number of fused-ring (bicyclic) bond motifs is 1. The van der Waals surface area contributed by atoms with Crippen molar-refractivity contribution in [2.75, 3.05) is 13.2 Å². The van der Waals surface area contributed by atoms with Crippen LogP contribution in [0.4, 0.5) is 0 Å². The molecule has 0 aromatic heterocycles. The molecule has 2 aliphatic carbocycles. The van der Waals surface area contributed by atoms with Crippen LogP contribution in [0.5, 0.6) is 0 Å². The second kappa shape index (κ2) is 12.1. The Bertz CT molecular complexity index is 684. The minimum Gasteiger partial charge on any atom is -0.353 e. The van der Waals surface area contributed by atoms with Crippen LogP contribution >= 0.6 is 0 Å². The maximum absolute atomic E-state index is 12.2. The summed E-state index contributed by atoms with van der Waals surface area (Å²) in [4.78, 5) is 12.2. The summed E-state index contributed by atoms with van der Waals surface area (Å²) in [5, 5.41) is 0. The van der Waals surface area contributed by atoms with Gasteiger partial charge in [-0.2, -0.15) is 0 Å². The molecule has 5 heteroatoms. The van der Waals surface area contributed by atoms with Crippen LogP contribution in [0.2, 0.25) is 0 Å². The first-order chi connectivity index (χ1) is 16.0. The lowest BCUT2D eigenvalue weighted by Crippen LogP contribution is -2.32. The predicted molar refractivity (Wildman–Crippen MR) is 129 cm³/mol. The van der Waals surface area contributed by atoms with E-state index in [9.17, 15) is 4.79 Å². The molecule has 4 aliphatic rings. The zero-order valence-electron chi connectivity index (χ0n) is 20.9. The zero-order valence-corrected chi connectivity index (χ0v) is 20.9. The van der Waals surface area contributed by atoms with Crippen LogP contribution in [-0.2, 0) is 23.7 Å². The summed E-state index contributed by atoms with van der Waals surface area (Å²) in [6.45, 7) is 8.14. The van der Waals surface area contributed by atoms with E-state index < -0.39 is 0 Å². The Labute approximate surface area is 200 Å². The molecule has 2 saturated heterocycles. The number of carbonyl (C=O) groups excluding carboxylic acids is 1. The quantitative estimate of drug-likeness (QED) is 0.397. The fraction of sp³-hybridized carbons (Fsp3) is 0.821. The van der Waals surface area contributed by atoms with E-state index in [1.165, 1.54) is 12.0 Å². The van der Waals surface area contributed by atoms with Crippen LogP contribution in [0.25, 0.3) is 0 Å². The van der Waals surface area contributed by atoms with E-state index in [0.717, 1.165) is 58.2 Å². The number of hydrogen-bond donors (Lipinski definition) is 0. The number of allylic oxidation sites excluding steroid dienone is 2. The lowest BCUT2D eigenvalue weighted by Gasteiger charge is -2.31. The smallest absolute Gasteiger partial charge is 0.158 e. The van der Waals surface area contributed by atoms with E-state index in [2.05, 4.69) is 39.0 Å². The van der Waals surface area contributed by atoms with Gasteiger partial charge in [-0.3, -0.25) is 4.79 Å². The molecule has 0 aromatic rings. The summed E-state index contributed by atoms with van der Waals surface area (Å²) in [6.07, 6.45) is 16.7. The van der Waals surface area contributed by atoms with Crippen molar-refractivity contribution in [3.05, 3.63) is 23.8 Å². The molecule has 33 heavy (non-hydrogen) atoms. The van der Waals surface area contributed by atoms with Crippen molar-refractivity contribution in [1.29, 1.82) is 0 Å². The molecule has 0 bridgehead atoms. The fourth-order valence-electron chi connectivity index (χ4n) is 5.98. The van der Waals surface area contributed by atoms with Gasteiger partial charge in [0.15, 0.2) is 12.6 Å². The summed E-state index contributed by atoms with van der Waals surface area (Å²) in [6, 6.07) is 0. The van der Waals surface area contributed by atoms with Crippen LogP contribution < -0.4 is 0 Å². The van der Waals surface area contributed by atoms with E-state index in [-0.39, 0.29) is 30.7 Å². The van der Waals surface area contributed by atoms with Crippen molar-refractivity contribution in [3.8, 4) is 0 Å². The van der Waals surface area contributed by atoms with Gasteiger partial charge in [-0.05, 0) is 83.0 Å². The Morgan fingerprint density at radius 3 is 2.45 bits per heavy atom. The second-order valence-electron chi connectivity index (χ2n) is 10.9. The minimum atomic E-state index is -0.116. The SMILES string of the molecule is CC(C)=CCC(C)[C@H](/C=C/[C@@H]1[C@H]2CC(=O)C[C@H]2C[C@H]1OC1CCCCO1)OC1CCCCO1. The van der Waals surface area contributed by atoms with Crippen molar-refractivity contribution < 1.29 is 23.7 Å². The third-order valence-corrected chi connectivity index (χ3v) is 7.91. The highest BCUT2D eigenvalue weighted by Crippen LogP contribution is 2.48. The zero-order chi connectivity index (χ0) is 23.2. The minimum absolute atomic E-state index is 0.00793. The summed E-state index contributed by atoms with van der Waals surface area (Å²) in [5.41, 5.74) is 1.34. The Morgan fingerprint density at radius 1 is 1.06 bits per heavy atom. The molecule has 5 nitrogen and oxygen atoms in total. The lowest BCUT2D eigenvalue weighted by molar-refractivity contribution is -0.193. The van der Waals surface area contributed by atoms with Gasteiger partial charge in [0.2, 0.25) is 0 Å². The van der Waals surface area contributed by atoms with Gasteiger partial charge in [0.25, 0.3) is 0 Å². The predicted octanol–water partition coefficient (Wildman–Crippen LogP) is 5.97. The highest BCUT2D eigenvalue weighted by molar-refractivity contribution is 5.81. The standard InChI is InChI=1S/C28H44O5/c1-19(2)10-11-20(3)25(32-27-8-4-6-14-30-27)13-12-23-24-18-22(29)16-21(24)17-26(23)33-28-9-5-7-15-31-28/h10,12-13,20-21,23-28H,4-9,11,14-18H2,1-3H3/b13-12+/t20?,21-,23+,24-,25-,26+,27?,28?/m0/s1. The molecule has 2 heterocycles.